The monoisotopic (exact) mass is 1280 g/mol. The number of nitrogens with one attached hydrogen (secondary N) is 1. The maximum Gasteiger partial charge on any atom is 0.305 e. The molecule has 534 valence electrons. The largest absolute Gasteiger partial charge is 0.466 e. The van der Waals surface area contributed by atoms with Gasteiger partial charge in [-0.2, -0.15) is 0 Å². The van der Waals surface area contributed by atoms with Gasteiger partial charge in [-0.05, 0) is 89.9 Å². The first-order valence-electron chi connectivity index (χ1n) is 39.4. The maximum atomic E-state index is 13.0. The maximum absolute atomic E-state index is 13.0. The highest BCUT2D eigenvalue weighted by molar-refractivity contribution is 5.76. The number of ether oxygens (including phenoxy) is 3. The molecule has 0 saturated carbocycles. The minimum absolute atomic E-state index is 0.00693. The van der Waals surface area contributed by atoms with Crippen molar-refractivity contribution >= 4 is 11.9 Å². The minimum atomic E-state index is -1.57. The molecule has 1 aliphatic heterocycles. The molecule has 0 spiro atoms. The molecule has 7 atom stereocenters. The van der Waals surface area contributed by atoms with Crippen LogP contribution in [0.1, 0.15) is 386 Å². The normalized spacial score (nSPS) is 17.8. The molecule has 1 rings (SSSR count). The topological polar surface area (TPSA) is 175 Å². The molecule has 1 saturated heterocycles. The predicted molar refractivity (Wildman–Crippen MR) is 384 cm³/mol. The van der Waals surface area contributed by atoms with Crippen LogP contribution in [0, 0.1) is 0 Å². The molecule has 11 heteroatoms. The van der Waals surface area contributed by atoms with Crippen LogP contribution in [0.4, 0.5) is 0 Å². The molecule has 0 aromatic rings. The highest BCUT2D eigenvalue weighted by atomic mass is 16.7. The second-order valence-electron chi connectivity index (χ2n) is 27.4. The standard InChI is InChI=1S/C80H149NO10/c1-3-5-7-9-11-13-14-15-41-45-48-52-56-60-64-68-76(85)89-69-65-61-57-53-49-46-43-40-38-36-34-32-30-28-26-24-22-20-18-16-17-19-21-23-25-27-29-31-33-35-37-39-42-44-47-51-55-59-63-67-75(84)81-72(73(83)66-62-58-54-50-12-10-8-6-4-2)71-90-80-79(88)78(87)77(86)74(70-82)91-80/h15-17,20,22,41,62,66,72-74,77-80,82-83,86-88H,3-14,18-19,21,23-40,42-61,63-65,67-71H2,1-2H3,(H,81,84)/b17-16-,22-20-,41-15-,66-62+. The van der Waals surface area contributed by atoms with E-state index in [2.05, 4.69) is 55.6 Å². The lowest BCUT2D eigenvalue weighted by molar-refractivity contribution is -0.302. The molecule has 6 N–H and O–H groups in total. The number of aliphatic hydroxyl groups excluding tert-OH is 5. The summed E-state index contributed by atoms with van der Waals surface area (Å²) < 4.78 is 16.7. The molecular weight excluding hydrogens is 1130 g/mol. The Labute approximate surface area is 561 Å². The minimum Gasteiger partial charge on any atom is -0.466 e. The van der Waals surface area contributed by atoms with Gasteiger partial charge in [-0.1, -0.05) is 332 Å². The zero-order chi connectivity index (χ0) is 65.8. The zero-order valence-electron chi connectivity index (χ0n) is 59.6. The Morgan fingerprint density at radius 1 is 0.407 bits per heavy atom. The Kier molecular flexibility index (Phi) is 65.7. The van der Waals surface area contributed by atoms with Crippen LogP contribution in [0.5, 0.6) is 0 Å². The fourth-order valence-electron chi connectivity index (χ4n) is 12.5. The van der Waals surface area contributed by atoms with Crippen LogP contribution in [0.15, 0.2) is 48.6 Å². The van der Waals surface area contributed by atoms with Crippen molar-refractivity contribution in [1.29, 1.82) is 0 Å². The fraction of sp³-hybridized carbons (Fsp3) is 0.875. The first-order chi connectivity index (χ1) is 44.7. The van der Waals surface area contributed by atoms with Crippen LogP contribution in [0.25, 0.3) is 0 Å². The number of hydrogen-bond acceptors (Lipinski definition) is 10. The Morgan fingerprint density at radius 3 is 1.12 bits per heavy atom. The summed E-state index contributed by atoms with van der Waals surface area (Å²) in [7, 11) is 0. The van der Waals surface area contributed by atoms with Crippen molar-refractivity contribution in [3.8, 4) is 0 Å². The van der Waals surface area contributed by atoms with Gasteiger partial charge >= 0.3 is 5.97 Å². The summed E-state index contributed by atoms with van der Waals surface area (Å²) in [6, 6.07) is -0.806. The number of unbranched alkanes of at least 4 members (excludes halogenated alkanes) is 50. The Balaban J connectivity index is 1.87. The van der Waals surface area contributed by atoms with Gasteiger partial charge in [0.05, 0.1) is 32.0 Å². The van der Waals surface area contributed by atoms with Crippen LogP contribution in [0.2, 0.25) is 0 Å². The molecule has 0 aromatic heterocycles. The van der Waals surface area contributed by atoms with E-state index in [1.807, 2.05) is 6.08 Å². The molecule has 0 radical (unpaired) electrons. The number of carbonyl (C=O) groups excluding carboxylic acids is 2. The molecule has 0 bridgehead atoms. The molecule has 1 heterocycles. The number of esters is 1. The molecular formula is C80H149NO10. The van der Waals surface area contributed by atoms with E-state index in [4.69, 9.17) is 14.2 Å². The molecule has 1 fully saturated rings. The summed E-state index contributed by atoms with van der Waals surface area (Å²) in [5, 5.41) is 54.3. The zero-order valence-corrected chi connectivity index (χ0v) is 59.6. The quantitative estimate of drug-likeness (QED) is 0.0195. The number of aliphatic hydroxyl groups is 5. The van der Waals surface area contributed by atoms with Crippen molar-refractivity contribution in [2.75, 3.05) is 19.8 Å². The highest BCUT2D eigenvalue weighted by Crippen LogP contribution is 2.24. The molecule has 0 aliphatic carbocycles. The van der Waals surface area contributed by atoms with Gasteiger partial charge in [0, 0.05) is 12.8 Å². The van der Waals surface area contributed by atoms with Crippen LogP contribution in [0.3, 0.4) is 0 Å². The van der Waals surface area contributed by atoms with Gasteiger partial charge in [0.1, 0.15) is 24.4 Å². The molecule has 0 aromatic carbocycles. The summed E-state index contributed by atoms with van der Waals surface area (Å²) in [4.78, 5) is 25.1. The van der Waals surface area contributed by atoms with Crippen LogP contribution >= 0.6 is 0 Å². The number of hydrogen-bond donors (Lipinski definition) is 6. The first kappa shape index (κ1) is 86.6. The number of allylic oxidation sites excluding steroid dienone is 7. The van der Waals surface area contributed by atoms with Crippen molar-refractivity contribution in [2.45, 2.75) is 429 Å². The summed E-state index contributed by atoms with van der Waals surface area (Å²) >= 11 is 0. The van der Waals surface area contributed by atoms with Gasteiger partial charge in [-0.15, -0.1) is 0 Å². The Morgan fingerprint density at radius 2 is 0.736 bits per heavy atom. The lowest BCUT2D eigenvalue weighted by Crippen LogP contribution is -2.60. The number of rotatable bonds is 70. The van der Waals surface area contributed by atoms with Crippen molar-refractivity contribution in [3.05, 3.63) is 48.6 Å². The molecule has 1 aliphatic rings. The lowest BCUT2D eigenvalue weighted by atomic mass is 9.99. The third-order valence-electron chi connectivity index (χ3n) is 18.7. The van der Waals surface area contributed by atoms with Gasteiger partial charge in [0.15, 0.2) is 6.29 Å². The van der Waals surface area contributed by atoms with E-state index in [9.17, 15) is 35.1 Å². The third-order valence-corrected chi connectivity index (χ3v) is 18.7. The van der Waals surface area contributed by atoms with E-state index in [0.717, 1.165) is 64.2 Å². The van der Waals surface area contributed by atoms with Crippen molar-refractivity contribution < 1.29 is 49.3 Å². The average molecular weight is 1290 g/mol. The SMILES string of the molecule is CCCCCCCC/C=C\CCCCCCCC(=O)OCCCCCCCCCCCCCCCCC/C=C\C/C=C\CCCCCCCCCCCCCCCCCCCC(=O)NC(COC1OC(CO)C(O)C(O)C1O)C(O)/C=C/CCCCCCCCC. The molecule has 11 nitrogen and oxygen atoms in total. The van der Waals surface area contributed by atoms with Crippen molar-refractivity contribution in [3.63, 3.8) is 0 Å². The van der Waals surface area contributed by atoms with E-state index in [-0.39, 0.29) is 18.5 Å². The first-order valence-corrected chi connectivity index (χ1v) is 39.4. The summed E-state index contributed by atoms with van der Waals surface area (Å²) in [6.45, 7) is 4.35. The third kappa shape index (κ3) is 57.6. The van der Waals surface area contributed by atoms with Gasteiger partial charge in [0.25, 0.3) is 0 Å². The highest BCUT2D eigenvalue weighted by Gasteiger charge is 2.44. The summed E-state index contributed by atoms with van der Waals surface area (Å²) in [5.74, 6) is -0.172. The summed E-state index contributed by atoms with van der Waals surface area (Å²) in [6.07, 6.45) is 81.6. The van der Waals surface area contributed by atoms with Crippen molar-refractivity contribution in [2.24, 2.45) is 0 Å². The smallest absolute Gasteiger partial charge is 0.305 e. The Bertz CT molecular complexity index is 1650. The van der Waals surface area contributed by atoms with Gasteiger partial charge in [-0.3, -0.25) is 9.59 Å². The van der Waals surface area contributed by atoms with E-state index < -0.39 is 49.5 Å². The van der Waals surface area contributed by atoms with Crippen LogP contribution in [-0.4, -0.2) is 100 Å². The fourth-order valence-corrected chi connectivity index (χ4v) is 12.5. The number of carbonyl (C=O) groups is 2. The molecule has 91 heavy (non-hydrogen) atoms. The second kappa shape index (κ2) is 69.0. The van der Waals surface area contributed by atoms with Gasteiger partial charge in [-0.25, -0.2) is 0 Å². The van der Waals surface area contributed by atoms with Crippen LogP contribution in [-0.2, 0) is 23.8 Å². The van der Waals surface area contributed by atoms with Gasteiger partial charge in [0.2, 0.25) is 5.91 Å². The second-order valence-corrected chi connectivity index (χ2v) is 27.4. The van der Waals surface area contributed by atoms with E-state index in [0.29, 0.717) is 19.4 Å². The molecule has 1 amide bonds. The van der Waals surface area contributed by atoms with E-state index in [1.165, 1.54) is 295 Å². The Hall–Kier alpha value is -2.38. The summed E-state index contributed by atoms with van der Waals surface area (Å²) in [5.41, 5.74) is 0. The average Bonchev–Trinajstić information content (AvgIpc) is 3.73. The lowest BCUT2D eigenvalue weighted by Gasteiger charge is -2.40. The molecule has 7 unspecified atom stereocenters. The van der Waals surface area contributed by atoms with Gasteiger partial charge < -0.3 is 45.1 Å². The van der Waals surface area contributed by atoms with E-state index in [1.54, 1.807) is 6.08 Å². The van der Waals surface area contributed by atoms with Crippen LogP contribution < -0.4 is 5.32 Å². The van der Waals surface area contributed by atoms with E-state index >= 15 is 0 Å². The number of amides is 1. The van der Waals surface area contributed by atoms with Crippen molar-refractivity contribution in [1.82, 2.24) is 5.32 Å². The predicted octanol–water partition coefficient (Wildman–Crippen LogP) is 21.1.